The minimum Gasteiger partial charge on any atom is -0.478 e. The number of aryl methyl sites for hydroxylation is 1. The number of carbonyl (C=O) groups excluding carboxylic acids is 1. The van der Waals surface area contributed by atoms with Gasteiger partial charge >= 0.3 is 5.97 Å². The largest absolute Gasteiger partial charge is 0.478 e. The number of nitrogens with one attached hydrogen (secondary N) is 1. The summed E-state index contributed by atoms with van der Waals surface area (Å²) >= 11 is 0. The number of hydrogen-bond donors (Lipinski definition) is 2. The molecule has 0 aliphatic carbocycles. The Morgan fingerprint density at radius 2 is 2.04 bits per heavy atom. The van der Waals surface area contributed by atoms with Gasteiger partial charge in [0.15, 0.2) is 0 Å². The highest BCUT2D eigenvalue weighted by Crippen LogP contribution is 2.09. The first-order valence-corrected chi connectivity index (χ1v) is 7.70. The van der Waals surface area contributed by atoms with E-state index in [0.29, 0.717) is 5.56 Å². The number of carbonyl (C=O) groups is 2. The van der Waals surface area contributed by atoms with Crippen molar-refractivity contribution in [3.63, 3.8) is 0 Å². The van der Waals surface area contributed by atoms with Crippen LogP contribution < -0.4 is 5.32 Å². The number of amides is 1. The zero-order valence-electron chi connectivity index (χ0n) is 13.5. The number of hydrogen-bond acceptors (Lipinski definition) is 5. The maximum absolute atomic E-state index is 13.6. The topological polar surface area (TPSA) is 115 Å². The highest BCUT2D eigenvalue weighted by molar-refractivity contribution is 5.89. The third-order valence-corrected chi connectivity index (χ3v) is 3.53. The quantitative estimate of drug-likeness (QED) is 0.659. The monoisotopic (exact) mass is 358 g/mol. The fourth-order valence-electron chi connectivity index (χ4n) is 2.23. The third kappa shape index (κ3) is 4.29. The number of nitrogens with zero attached hydrogens (tertiary/aromatic N) is 5. The highest BCUT2D eigenvalue weighted by atomic mass is 19.1. The Morgan fingerprint density at radius 3 is 2.77 bits per heavy atom. The van der Waals surface area contributed by atoms with Crippen molar-refractivity contribution >= 4 is 17.8 Å². The molecule has 2 aromatic heterocycles. The molecule has 0 atom stereocenters. The van der Waals surface area contributed by atoms with Crippen molar-refractivity contribution in [3.8, 4) is 0 Å². The Hall–Kier alpha value is -3.56. The first-order valence-electron chi connectivity index (χ1n) is 7.70. The van der Waals surface area contributed by atoms with Gasteiger partial charge in [0, 0.05) is 24.7 Å². The molecule has 1 amide bonds. The van der Waals surface area contributed by atoms with Crippen LogP contribution in [0.1, 0.15) is 22.3 Å². The Labute approximate surface area is 147 Å². The van der Waals surface area contributed by atoms with E-state index in [1.807, 2.05) is 0 Å². The van der Waals surface area contributed by atoms with E-state index in [-0.39, 0.29) is 42.7 Å². The van der Waals surface area contributed by atoms with E-state index in [1.165, 1.54) is 34.2 Å². The summed E-state index contributed by atoms with van der Waals surface area (Å²) < 4.78 is 16.4. The van der Waals surface area contributed by atoms with Gasteiger partial charge in [0.2, 0.25) is 11.9 Å². The normalized spacial score (nSPS) is 10.7. The highest BCUT2D eigenvalue weighted by Gasteiger charge is 2.10. The number of aromatic carboxylic acids is 1. The van der Waals surface area contributed by atoms with Gasteiger partial charge in [-0.05, 0) is 6.07 Å². The van der Waals surface area contributed by atoms with Gasteiger partial charge < -0.3 is 5.11 Å². The molecule has 0 radical (unpaired) electrons. The second-order valence-electron chi connectivity index (χ2n) is 5.45. The maximum atomic E-state index is 13.6. The van der Waals surface area contributed by atoms with E-state index >= 15 is 0 Å². The Bertz CT molecular complexity index is 935. The lowest BCUT2D eigenvalue weighted by molar-refractivity contribution is -0.116. The molecule has 0 bridgehead atoms. The second-order valence-corrected chi connectivity index (χ2v) is 5.45. The Kier molecular flexibility index (Phi) is 5.02. The lowest BCUT2D eigenvalue weighted by Crippen LogP contribution is -2.16. The molecule has 0 fully saturated rings. The molecule has 0 spiro atoms. The molecule has 0 aliphatic heterocycles. The van der Waals surface area contributed by atoms with Crippen LogP contribution >= 0.6 is 0 Å². The average molecular weight is 358 g/mol. The van der Waals surface area contributed by atoms with Crippen LogP contribution in [0, 0.1) is 5.82 Å². The van der Waals surface area contributed by atoms with Crippen molar-refractivity contribution in [3.05, 3.63) is 59.9 Å². The van der Waals surface area contributed by atoms with Gasteiger partial charge in [0.1, 0.15) is 12.1 Å². The standard InChI is InChI=1S/C16H15FN6O3/c17-13-4-2-1-3-11(13)8-23-10-18-16(21-23)20-14(24)5-6-22-9-12(7-19-22)15(25)26/h1-4,7,9-10H,5-6,8H2,(H,25,26)(H,20,21,24). The van der Waals surface area contributed by atoms with E-state index in [4.69, 9.17) is 5.11 Å². The molecule has 2 N–H and O–H groups in total. The fourth-order valence-corrected chi connectivity index (χ4v) is 2.23. The first kappa shape index (κ1) is 17.3. The van der Waals surface area contributed by atoms with Crippen LogP contribution in [0.5, 0.6) is 0 Å². The molecule has 0 unspecified atom stereocenters. The molecule has 1 aromatic carbocycles. The Morgan fingerprint density at radius 1 is 1.23 bits per heavy atom. The van der Waals surface area contributed by atoms with Crippen LogP contribution in [0.15, 0.2) is 43.0 Å². The second kappa shape index (κ2) is 7.55. The molecule has 3 aromatic rings. The minimum atomic E-state index is -1.08. The zero-order chi connectivity index (χ0) is 18.5. The predicted octanol–water partition coefficient (Wildman–Crippen LogP) is 1.39. The summed E-state index contributed by atoms with van der Waals surface area (Å²) in [6.45, 7) is 0.413. The summed E-state index contributed by atoms with van der Waals surface area (Å²) in [5, 5.41) is 19.3. The van der Waals surface area contributed by atoms with Crippen LogP contribution in [0.4, 0.5) is 10.3 Å². The lowest BCUT2D eigenvalue weighted by Gasteiger charge is -2.03. The molecule has 26 heavy (non-hydrogen) atoms. The predicted molar refractivity (Wildman–Crippen MR) is 88.0 cm³/mol. The molecule has 0 saturated carbocycles. The molecule has 2 heterocycles. The summed E-state index contributed by atoms with van der Waals surface area (Å²) in [5.41, 5.74) is 0.516. The van der Waals surface area contributed by atoms with Gasteiger partial charge in [-0.2, -0.15) is 5.10 Å². The molecule has 10 heteroatoms. The summed E-state index contributed by atoms with van der Waals surface area (Å²) in [6.07, 6.45) is 4.03. The average Bonchev–Trinajstić information content (AvgIpc) is 3.25. The van der Waals surface area contributed by atoms with Gasteiger partial charge in [-0.25, -0.2) is 18.9 Å². The maximum Gasteiger partial charge on any atom is 0.338 e. The van der Waals surface area contributed by atoms with Gasteiger partial charge in [0.25, 0.3) is 0 Å². The number of benzene rings is 1. The van der Waals surface area contributed by atoms with Crippen LogP contribution in [0.3, 0.4) is 0 Å². The fraction of sp³-hybridized carbons (Fsp3) is 0.188. The number of carboxylic acids is 1. The van der Waals surface area contributed by atoms with E-state index < -0.39 is 5.97 Å². The van der Waals surface area contributed by atoms with Crippen molar-refractivity contribution < 1.29 is 19.1 Å². The van der Waals surface area contributed by atoms with Crippen LogP contribution in [0.2, 0.25) is 0 Å². The van der Waals surface area contributed by atoms with Crippen molar-refractivity contribution in [2.75, 3.05) is 5.32 Å². The van der Waals surface area contributed by atoms with E-state index in [0.717, 1.165) is 0 Å². The van der Waals surface area contributed by atoms with Crippen LogP contribution in [-0.4, -0.2) is 41.5 Å². The lowest BCUT2D eigenvalue weighted by atomic mass is 10.2. The van der Waals surface area contributed by atoms with E-state index in [2.05, 4.69) is 20.5 Å². The number of anilines is 1. The van der Waals surface area contributed by atoms with E-state index in [9.17, 15) is 14.0 Å². The first-order chi connectivity index (χ1) is 12.5. The molecule has 0 saturated heterocycles. The molecule has 134 valence electrons. The number of carboxylic acid groups (broad SMARTS) is 1. The SMILES string of the molecule is O=C(CCn1cc(C(=O)O)cn1)Nc1ncn(Cc2ccccc2F)n1. The Balaban J connectivity index is 1.52. The van der Waals surface area contributed by atoms with Crippen molar-refractivity contribution in [1.29, 1.82) is 0 Å². The number of aromatic nitrogens is 5. The molecular weight excluding hydrogens is 343 g/mol. The summed E-state index contributed by atoms with van der Waals surface area (Å²) in [7, 11) is 0. The smallest absolute Gasteiger partial charge is 0.338 e. The number of halogens is 1. The van der Waals surface area contributed by atoms with Crippen molar-refractivity contribution in [1.82, 2.24) is 24.5 Å². The van der Waals surface area contributed by atoms with Crippen molar-refractivity contribution in [2.24, 2.45) is 0 Å². The van der Waals surface area contributed by atoms with Gasteiger partial charge in [-0.3, -0.25) is 14.8 Å². The summed E-state index contributed by atoms with van der Waals surface area (Å²) in [5.74, 6) is -1.65. The molecule has 9 nitrogen and oxygen atoms in total. The zero-order valence-corrected chi connectivity index (χ0v) is 13.5. The van der Waals surface area contributed by atoms with Gasteiger partial charge in [-0.1, -0.05) is 18.2 Å². The van der Waals surface area contributed by atoms with Crippen molar-refractivity contribution in [2.45, 2.75) is 19.5 Å². The third-order valence-electron chi connectivity index (χ3n) is 3.53. The van der Waals surface area contributed by atoms with Gasteiger partial charge in [-0.15, -0.1) is 5.10 Å². The summed E-state index contributed by atoms with van der Waals surface area (Å²) in [4.78, 5) is 26.7. The number of rotatable bonds is 7. The van der Waals surface area contributed by atoms with E-state index in [1.54, 1.807) is 18.2 Å². The molecule has 3 rings (SSSR count). The van der Waals surface area contributed by atoms with Crippen LogP contribution in [-0.2, 0) is 17.9 Å². The van der Waals surface area contributed by atoms with Crippen LogP contribution in [0.25, 0.3) is 0 Å². The summed E-state index contributed by atoms with van der Waals surface area (Å²) in [6, 6.07) is 6.33. The van der Waals surface area contributed by atoms with Gasteiger partial charge in [0.05, 0.1) is 18.3 Å². The molecular formula is C16H15FN6O3. The molecule has 0 aliphatic rings. The minimum absolute atomic E-state index is 0.0546.